The fraction of sp³-hybridized carbons (Fsp3) is 0.375. The normalized spacial score (nSPS) is 17.8. The maximum Gasteiger partial charge on any atom is 0.308 e. The van der Waals surface area contributed by atoms with Crippen molar-refractivity contribution in [1.29, 1.82) is 0 Å². The lowest BCUT2D eigenvalue weighted by molar-refractivity contribution is -0.141. The molecule has 0 aliphatic carbocycles. The van der Waals surface area contributed by atoms with E-state index < -0.39 is 11.9 Å². The lowest BCUT2D eigenvalue weighted by Crippen LogP contribution is -2.28. The fourth-order valence-corrected chi connectivity index (χ4v) is 2.39. The third-order valence-corrected chi connectivity index (χ3v) is 3.71. The van der Waals surface area contributed by atoms with Crippen LogP contribution < -0.4 is 4.74 Å². The molecule has 1 N–H and O–H groups in total. The van der Waals surface area contributed by atoms with Gasteiger partial charge in [-0.05, 0) is 36.6 Å². The molecule has 6 heteroatoms. The first-order valence-corrected chi connectivity index (χ1v) is 6.85. The van der Waals surface area contributed by atoms with Crippen LogP contribution >= 0.6 is 12.4 Å². The second-order valence-corrected chi connectivity index (χ2v) is 5.17. The molecule has 120 valence electrons. The van der Waals surface area contributed by atoms with Crippen LogP contribution in [-0.4, -0.2) is 42.1 Å². The number of carbonyl (C=O) groups is 2. The lowest BCUT2D eigenvalue weighted by Gasteiger charge is -2.14. The van der Waals surface area contributed by atoms with E-state index in [4.69, 9.17) is 9.84 Å². The summed E-state index contributed by atoms with van der Waals surface area (Å²) in [6.07, 6.45) is 2.08. The zero-order valence-corrected chi connectivity index (χ0v) is 13.4. The number of carboxylic acids is 1. The summed E-state index contributed by atoms with van der Waals surface area (Å²) in [6.45, 7) is 2.64. The summed E-state index contributed by atoms with van der Waals surface area (Å²) in [7, 11) is 1.60. The minimum atomic E-state index is -0.834. The number of carbonyl (C=O) groups excluding carboxylic acids is 1. The molecule has 0 saturated carbocycles. The summed E-state index contributed by atoms with van der Waals surface area (Å²) in [5.41, 5.74) is 1.74. The second kappa shape index (κ2) is 7.84. The highest BCUT2D eigenvalue weighted by Gasteiger charge is 2.29. The fourth-order valence-electron chi connectivity index (χ4n) is 2.39. The number of aliphatic carboxylic acids is 1. The van der Waals surface area contributed by atoms with Gasteiger partial charge in [-0.25, -0.2) is 0 Å². The molecule has 1 amide bonds. The van der Waals surface area contributed by atoms with Crippen LogP contribution in [0.3, 0.4) is 0 Å². The zero-order valence-electron chi connectivity index (χ0n) is 12.6. The number of likely N-dealkylation sites (tertiary alicyclic amines) is 1. The average molecular weight is 326 g/mol. The highest BCUT2D eigenvalue weighted by molar-refractivity contribution is 5.95. The summed E-state index contributed by atoms with van der Waals surface area (Å²) >= 11 is 0. The van der Waals surface area contributed by atoms with Crippen molar-refractivity contribution in [2.45, 2.75) is 13.3 Å². The molecule has 1 unspecified atom stereocenters. The molecule has 5 nitrogen and oxygen atoms in total. The number of halogens is 1. The molecule has 0 radical (unpaired) electrons. The minimum absolute atomic E-state index is 0. The van der Waals surface area contributed by atoms with Crippen LogP contribution in [0.25, 0.3) is 5.57 Å². The number of benzene rings is 1. The number of carboxylic acid groups (broad SMARTS) is 1. The molecule has 1 atom stereocenters. The summed E-state index contributed by atoms with van der Waals surface area (Å²) in [5.74, 6) is -0.683. The van der Waals surface area contributed by atoms with Crippen molar-refractivity contribution >= 4 is 29.9 Å². The van der Waals surface area contributed by atoms with E-state index in [1.165, 1.54) is 0 Å². The Morgan fingerprint density at radius 3 is 2.73 bits per heavy atom. The van der Waals surface area contributed by atoms with Gasteiger partial charge in [-0.3, -0.25) is 9.59 Å². The number of ether oxygens (including phenoxy) is 1. The summed E-state index contributed by atoms with van der Waals surface area (Å²) in [5, 5.41) is 8.96. The Labute approximate surface area is 136 Å². The molecule has 1 heterocycles. The first kappa shape index (κ1) is 18.0. The van der Waals surface area contributed by atoms with Crippen LogP contribution in [0, 0.1) is 5.92 Å². The number of rotatable bonds is 4. The number of nitrogens with zero attached hydrogens (tertiary/aromatic N) is 1. The van der Waals surface area contributed by atoms with E-state index in [9.17, 15) is 9.59 Å². The predicted molar refractivity (Wildman–Crippen MR) is 86.2 cm³/mol. The number of methoxy groups -OCH3 is 1. The van der Waals surface area contributed by atoms with Crippen molar-refractivity contribution in [3.8, 4) is 5.75 Å². The largest absolute Gasteiger partial charge is 0.497 e. The maximum absolute atomic E-state index is 12.2. The van der Waals surface area contributed by atoms with Crippen molar-refractivity contribution < 1.29 is 19.4 Å². The molecular weight excluding hydrogens is 306 g/mol. The van der Waals surface area contributed by atoms with Gasteiger partial charge in [0.05, 0.1) is 13.0 Å². The Kier molecular flexibility index (Phi) is 6.43. The van der Waals surface area contributed by atoms with E-state index in [0.29, 0.717) is 13.0 Å². The molecule has 0 aromatic heterocycles. The van der Waals surface area contributed by atoms with Gasteiger partial charge >= 0.3 is 5.97 Å². The van der Waals surface area contributed by atoms with E-state index in [0.717, 1.165) is 16.9 Å². The van der Waals surface area contributed by atoms with Crippen LogP contribution in [0.2, 0.25) is 0 Å². The van der Waals surface area contributed by atoms with Crippen molar-refractivity contribution in [3.63, 3.8) is 0 Å². The molecule has 2 rings (SSSR count). The SMILES string of the molecule is COc1cccc(/C(C)=C/C(=O)N2CCC(C(=O)O)C2)c1.Cl. The van der Waals surface area contributed by atoms with E-state index in [1.807, 2.05) is 31.2 Å². The molecule has 1 saturated heterocycles. The van der Waals surface area contributed by atoms with E-state index in [-0.39, 0.29) is 24.9 Å². The number of hydrogen-bond acceptors (Lipinski definition) is 3. The molecule has 1 fully saturated rings. The van der Waals surface area contributed by atoms with Crippen LogP contribution in [0.5, 0.6) is 5.75 Å². The monoisotopic (exact) mass is 325 g/mol. The Bertz CT molecular complexity index is 585. The first-order chi connectivity index (χ1) is 10.0. The van der Waals surface area contributed by atoms with Gasteiger partial charge < -0.3 is 14.7 Å². The van der Waals surface area contributed by atoms with Gasteiger partial charge in [0.25, 0.3) is 0 Å². The molecule has 1 aromatic rings. The molecule has 1 aromatic carbocycles. The van der Waals surface area contributed by atoms with Crippen LogP contribution in [-0.2, 0) is 9.59 Å². The van der Waals surface area contributed by atoms with Crippen molar-refractivity contribution in [2.24, 2.45) is 5.92 Å². The smallest absolute Gasteiger partial charge is 0.308 e. The predicted octanol–water partition coefficient (Wildman–Crippen LogP) is 2.45. The quantitative estimate of drug-likeness (QED) is 0.863. The van der Waals surface area contributed by atoms with E-state index in [2.05, 4.69) is 0 Å². The molecule has 1 aliphatic heterocycles. The summed E-state index contributed by atoms with van der Waals surface area (Å²) in [6, 6.07) is 7.48. The third-order valence-electron chi connectivity index (χ3n) is 3.71. The molecule has 0 bridgehead atoms. The number of allylic oxidation sites excluding steroid dienone is 1. The van der Waals surface area contributed by atoms with E-state index in [1.54, 1.807) is 18.1 Å². The summed E-state index contributed by atoms with van der Waals surface area (Å²) in [4.78, 5) is 24.7. The first-order valence-electron chi connectivity index (χ1n) is 6.85. The average Bonchev–Trinajstić information content (AvgIpc) is 2.97. The number of hydrogen-bond donors (Lipinski definition) is 1. The third kappa shape index (κ3) is 4.24. The Hall–Kier alpha value is -2.01. The van der Waals surface area contributed by atoms with Gasteiger partial charge in [0.2, 0.25) is 5.91 Å². The van der Waals surface area contributed by atoms with Gasteiger partial charge in [-0.2, -0.15) is 0 Å². The summed E-state index contributed by atoms with van der Waals surface area (Å²) < 4.78 is 5.16. The van der Waals surface area contributed by atoms with Crippen molar-refractivity contribution in [2.75, 3.05) is 20.2 Å². The molecule has 0 spiro atoms. The Morgan fingerprint density at radius 2 is 2.14 bits per heavy atom. The van der Waals surface area contributed by atoms with Crippen molar-refractivity contribution in [1.82, 2.24) is 4.90 Å². The van der Waals surface area contributed by atoms with Gasteiger partial charge in [0, 0.05) is 19.2 Å². The van der Waals surface area contributed by atoms with Crippen molar-refractivity contribution in [3.05, 3.63) is 35.9 Å². The highest BCUT2D eigenvalue weighted by atomic mass is 35.5. The molecular formula is C16H20ClNO4. The van der Waals surface area contributed by atoms with Gasteiger partial charge in [-0.15, -0.1) is 12.4 Å². The van der Waals surface area contributed by atoms with Gasteiger partial charge in [0.15, 0.2) is 0 Å². The van der Waals surface area contributed by atoms with Gasteiger partial charge in [0.1, 0.15) is 5.75 Å². The standard InChI is InChI=1S/C16H19NO4.ClH/c1-11(12-4-3-5-14(9-12)21-2)8-15(18)17-7-6-13(10-17)16(19)20;/h3-5,8-9,13H,6-7,10H2,1-2H3,(H,19,20);1H/b11-8+;. The molecule has 22 heavy (non-hydrogen) atoms. The van der Waals surface area contributed by atoms with E-state index >= 15 is 0 Å². The Morgan fingerprint density at radius 1 is 1.41 bits per heavy atom. The second-order valence-electron chi connectivity index (χ2n) is 5.17. The van der Waals surface area contributed by atoms with Crippen LogP contribution in [0.4, 0.5) is 0 Å². The van der Waals surface area contributed by atoms with Crippen LogP contribution in [0.1, 0.15) is 18.9 Å². The number of amides is 1. The maximum atomic E-state index is 12.2. The topological polar surface area (TPSA) is 66.8 Å². The minimum Gasteiger partial charge on any atom is -0.497 e. The lowest BCUT2D eigenvalue weighted by atomic mass is 10.1. The Balaban J connectivity index is 0.00000242. The zero-order chi connectivity index (χ0) is 15.4. The van der Waals surface area contributed by atoms with Gasteiger partial charge in [-0.1, -0.05) is 12.1 Å². The van der Waals surface area contributed by atoms with Crippen LogP contribution in [0.15, 0.2) is 30.3 Å². The highest BCUT2D eigenvalue weighted by Crippen LogP contribution is 2.21. The molecule has 1 aliphatic rings.